The van der Waals surface area contributed by atoms with Crippen molar-refractivity contribution in [1.29, 1.82) is 0 Å². The third kappa shape index (κ3) is 4.75. The Balaban J connectivity index is 1.69. The van der Waals surface area contributed by atoms with Gasteiger partial charge in [0, 0.05) is 13.1 Å². The first-order valence-electron chi connectivity index (χ1n) is 7.04. The van der Waals surface area contributed by atoms with Crippen LogP contribution in [0, 0.1) is 0 Å². The first-order valence-corrected chi connectivity index (χ1v) is 7.04. The predicted molar refractivity (Wildman–Crippen MR) is 77.2 cm³/mol. The van der Waals surface area contributed by atoms with Gasteiger partial charge < -0.3 is 20.5 Å². The van der Waals surface area contributed by atoms with Crippen molar-refractivity contribution in [1.82, 2.24) is 10.6 Å². The van der Waals surface area contributed by atoms with Gasteiger partial charge in [-0.1, -0.05) is 12.1 Å². The first kappa shape index (κ1) is 15.3. The lowest BCUT2D eigenvalue weighted by Crippen LogP contribution is -2.39. The third-order valence-electron chi connectivity index (χ3n) is 3.46. The number of rotatable bonds is 5. The molecule has 2 unspecified atom stereocenters. The molecule has 0 spiro atoms. The monoisotopic (exact) mass is 292 g/mol. The zero-order chi connectivity index (χ0) is 15.2. The van der Waals surface area contributed by atoms with E-state index < -0.39 is 5.97 Å². The van der Waals surface area contributed by atoms with E-state index in [0.29, 0.717) is 13.1 Å². The fourth-order valence-electron chi connectivity index (χ4n) is 2.25. The van der Waals surface area contributed by atoms with Gasteiger partial charge in [0.05, 0.1) is 17.8 Å². The highest BCUT2D eigenvalue weighted by Crippen LogP contribution is 2.17. The zero-order valence-corrected chi connectivity index (χ0v) is 12.0. The molecule has 0 saturated carbocycles. The summed E-state index contributed by atoms with van der Waals surface area (Å²) >= 11 is 0. The molecule has 1 aromatic carbocycles. The molecular weight excluding hydrogens is 272 g/mol. The number of carbonyl (C=O) groups is 2. The van der Waals surface area contributed by atoms with E-state index in [4.69, 9.17) is 9.84 Å². The van der Waals surface area contributed by atoms with Gasteiger partial charge in [0.25, 0.3) is 0 Å². The molecule has 2 amide bonds. The summed E-state index contributed by atoms with van der Waals surface area (Å²) in [6.45, 7) is 2.89. The molecule has 21 heavy (non-hydrogen) atoms. The molecule has 1 fully saturated rings. The molecule has 1 aliphatic rings. The Kier molecular flexibility index (Phi) is 5.16. The summed E-state index contributed by atoms with van der Waals surface area (Å²) in [7, 11) is 0. The van der Waals surface area contributed by atoms with Crippen LogP contribution in [-0.2, 0) is 11.3 Å². The normalized spacial score (nSPS) is 21.0. The van der Waals surface area contributed by atoms with Crippen LogP contribution in [0.15, 0.2) is 24.3 Å². The average molecular weight is 292 g/mol. The van der Waals surface area contributed by atoms with Crippen LogP contribution < -0.4 is 10.6 Å². The highest BCUT2D eigenvalue weighted by molar-refractivity contribution is 5.87. The molecule has 1 aromatic rings. The van der Waals surface area contributed by atoms with E-state index in [-0.39, 0.29) is 23.8 Å². The molecule has 0 bridgehead atoms. The molecule has 3 N–H and O–H groups in total. The second-order valence-electron chi connectivity index (χ2n) is 5.21. The number of carboxylic acid groups (broad SMARTS) is 1. The highest BCUT2D eigenvalue weighted by Gasteiger charge is 2.21. The lowest BCUT2D eigenvalue weighted by molar-refractivity contribution is 0.0573. The largest absolute Gasteiger partial charge is 0.478 e. The van der Waals surface area contributed by atoms with E-state index in [9.17, 15) is 9.59 Å². The molecule has 0 radical (unpaired) electrons. The molecular formula is C15H20N2O4. The van der Waals surface area contributed by atoms with Gasteiger partial charge in [0.2, 0.25) is 0 Å². The number of carboxylic acids is 1. The Labute approximate surface area is 123 Å². The second kappa shape index (κ2) is 7.08. The van der Waals surface area contributed by atoms with E-state index in [1.165, 1.54) is 12.1 Å². The topological polar surface area (TPSA) is 87.7 Å². The van der Waals surface area contributed by atoms with Crippen LogP contribution in [0.5, 0.6) is 0 Å². The Bertz CT molecular complexity index is 501. The molecule has 2 atom stereocenters. The predicted octanol–water partition coefficient (Wildman–Crippen LogP) is 1.75. The van der Waals surface area contributed by atoms with Crippen LogP contribution in [0.25, 0.3) is 0 Å². The van der Waals surface area contributed by atoms with Gasteiger partial charge in [-0.05, 0) is 37.5 Å². The minimum atomic E-state index is -0.960. The van der Waals surface area contributed by atoms with Gasteiger partial charge in [0.15, 0.2) is 0 Å². The molecule has 2 rings (SSSR count). The molecule has 6 heteroatoms. The second-order valence-corrected chi connectivity index (χ2v) is 5.21. The van der Waals surface area contributed by atoms with Gasteiger partial charge in [0.1, 0.15) is 0 Å². The van der Waals surface area contributed by atoms with E-state index in [1.54, 1.807) is 12.1 Å². The summed E-state index contributed by atoms with van der Waals surface area (Å²) in [4.78, 5) is 22.4. The van der Waals surface area contributed by atoms with Crippen molar-refractivity contribution >= 4 is 12.0 Å². The number of hydrogen-bond acceptors (Lipinski definition) is 3. The molecule has 1 saturated heterocycles. The van der Waals surface area contributed by atoms with Crippen LogP contribution in [0.3, 0.4) is 0 Å². The molecule has 0 aromatic heterocycles. The zero-order valence-electron chi connectivity index (χ0n) is 12.0. The molecule has 6 nitrogen and oxygen atoms in total. The molecule has 0 aliphatic carbocycles. The van der Waals surface area contributed by atoms with Gasteiger partial charge in [-0.15, -0.1) is 0 Å². The number of nitrogens with one attached hydrogen (secondary N) is 2. The maximum Gasteiger partial charge on any atom is 0.335 e. The molecule has 1 aliphatic heterocycles. The van der Waals surface area contributed by atoms with Crippen LogP contribution >= 0.6 is 0 Å². The van der Waals surface area contributed by atoms with E-state index in [0.717, 1.165) is 18.4 Å². The number of benzene rings is 1. The number of ether oxygens (including phenoxy) is 1. The fraction of sp³-hybridized carbons (Fsp3) is 0.467. The van der Waals surface area contributed by atoms with Crippen molar-refractivity contribution < 1.29 is 19.4 Å². The van der Waals surface area contributed by atoms with E-state index in [1.807, 2.05) is 6.92 Å². The number of carbonyl (C=O) groups excluding carboxylic acids is 1. The minimum Gasteiger partial charge on any atom is -0.478 e. The standard InChI is InChI=1S/C15H20N2O4/c1-10-2-7-13(21-10)9-17-15(20)16-8-11-3-5-12(6-4-11)14(18)19/h3-6,10,13H,2,7-9H2,1H3,(H,18,19)(H2,16,17,20). The smallest absolute Gasteiger partial charge is 0.335 e. The summed E-state index contributed by atoms with van der Waals surface area (Å²) in [6.07, 6.45) is 2.37. The van der Waals surface area contributed by atoms with Crippen molar-refractivity contribution in [3.63, 3.8) is 0 Å². The molecule has 1 heterocycles. The maximum atomic E-state index is 11.7. The van der Waals surface area contributed by atoms with Gasteiger partial charge >= 0.3 is 12.0 Å². The van der Waals surface area contributed by atoms with Gasteiger partial charge in [-0.2, -0.15) is 0 Å². The summed E-state index contributed by atoms with van der Waals surface area (Å²) < 4.78 is 5.61. The fourth-order valence-corrected chi connectivity index (χ4v) is 2.25. The number of urea groups is 1. The highest BCUT2D eigenvalue weighted by atomic mass is 16.5. The van der Waals surface area contributed by atoms with Crippen LogP contribution in [0.1, 0.15) is 35.7 Å². The Morgan fingerprint density at radius 2 is 1.95 bits per heavy atom. The summed E-state index contributed by atoms with van der Waals surface area (Å²) in [5, 5.41) is 14.3. The van der Waals surface area contributed by atoms with Crippen molar-refractivity contribution in [3.05, 3.63) is 35.4 Å². The third-order valence-corrected chi connectivity index (χ3v) is 3.46. The lowest BCUT2D eigenvalue weighted by atomic mass is 10.1. The Morgan fingerprint density at radius 3 is 2.52 bits per heavy atom. The van der Waals surface area contributed by atoms with Crippen LogP contribution in [0.2, 0.25) is 0 Å². The Hall–Kier alpha value is -2.08. The van der Waals surface area contributed by atoms with Crippen molar-refractivity contribution in [2.24, 2.45) is 0 Å². The van der Waals surface area contributed by atoms with Crippen LogP contribution in [0.4, 0.5) is 4.79 Å². The quantitative estimate of drug-likeness (QED) is 0.771. The van der Waals surface area contributed by atoms with E-state index in [2.05, 4.69) is 10.6 Å². The van der Waals surface area contributed by atoms with Crippen LogP contribution in [-0.4, -0.2) is 35.9 Å². The number of aromatic carboxylic acids is 1. The first-order chi connectivity index (χ1) is 10.0. The molecule has 114 valence electrons. The SMILES string of the molecule is CC1CCC(CNC(=O)NCc2ccc(C(=O)O)cc2)O1. The lowest BCUT2D eigenvalue weighted by Gasteiger charge is -2.13. The number of hydrogen-bond donors (Lipinski definition) is 3. The van der Waals surface area contributed by atoms with E-state index >= 15 is 0 Å². The summed E-state index contributed by atoms with van der Waals surface area (Å²) in [5.41, 5.74) is 1.08. The van der Waals surface area contributed by atoms with Crippen molar-refractivity contribution in [3.8, 4) is 0 Å². The summed E-state index contributed by atoms with van der Waals surface area (Å²) in [5.74, 6) is -0.960. The Morgan fingerprint density at radius 1 is 1.24 bits per heavy atom. The summed E-state index contributed by atoms with van der Waals surface area (Å²) in [6, 6.07) is 6.16. The minimum absolute atomic E-state index is 0.0978. The van der Waals surface area contributed by atoms with Gasteiger partial charge in [-0.3, -0.25) is 0 Å². The maximum absolute atomic E-state index is 11.7. The van der Waals surface area contributed by atoms with Crippen molar-refractivity contribution in [2.75, 3.05) is 6.54 Å². The number of amides is 2. The van der Waals surface area contributed by atoms with Gasteiger partial charge in [-0.25, -0.2) is 9.59 Å². The average Bonchev–Trinajstić information content (AvgIpc) is 2.89. The van der Waals surface area contributed by atoms with Crippen molar-refractivity contribution in [2.45, 2.75) is 38.5 Å².